The van der Waals surface area contributed by atoms with Crippen LogP contribution in [0.15, 0.2) is 48.3 Å². The van der Waals surface area contributed by atoms with Gasteiger partial charge < -0.3 is 4.12 Å². The maximum absolute atomic E-state index is 5.69. The Morgan fingerprint density at radius 2 is 2.07 bits per heavy atom. The molecule has 1 nitrogen and oxygen atoms in total. The summed E-state index contributed by atoms with van der Waals surface area (Å²) in [6, 6.07) is 10.3. The van der Waals surface area contributed by atoms with E-state index in [-0.39, 0.29) is 0 Å². The van der Waals surface area contributed by atoms with Crippen LogP contribution in [0.2, 0.25) is 6.55 Å². The van der Waals surface area contributed by atoms with Gasteiger partial charge in [0.25, 0.3) is 0 Å². The van der Waals surface area contributed by atoms with E-state index in [4.69, 9.17) is 4.12 Å². The Bertz CT molecular complexity index is 295. The van der Waals surface area contributed by atoms with E-state index >= 15 is 0 Å². The first kappa shape index (κ1) is 11.2. The Morgan fingerprint density at radius 3 is 2.71 bits per heavy atom. The van der Waals surface area contributed by atoms with Gasteiger partial charge >= 0.3 is 0 Å². The van der Waals surface area contributed by atoms with Crippen LogP contribution in [0, 0.1) is 0 Å². The van der Waals surface area contributed by atoms with Crippen LogP contribution in [-0.4, -0.2) is 18.8 Å². The van der Waals surface area contributed by atoms with Crippen LogP contribution < -0.4 is 0 Å². The van der Waals surface area contributed by atoms with Gasteiger partial charge in [-0.2, -0.15) is 0 Å². The van der Waals surface area contributed by atoms with Crippen LogP contribution in [0.5, 0.6) is 0 Å². The molecule has 3 heteroatoms. The van der Waals surface area contributed by atoms with Crippen molar-refractivity contribution in [3.63, 3.8) is 0 Å². The lowest BCUT2D eigenvalue weighted by atomic mass is 10.2. The van der Waals surface area contributed by atoms with Gasteiger partial charge in [0.2, 0.25) is 0 Å². The Morgan fingerprint density at radius 1 is 1.36 bits per heavy atom. The minimum atomic E-state index is -1.03. The van der Waals surface area contributed by atoms with Crippen molar-refractivity contribution >= 4 is 24.9 Å². The first-order chi connectivity index (χ1) is 6.83. The Labute approximate surface area is 89.8 Å². The second-order valence-electron chi connectivity index (χ2n) is 3.09. The SMILES string of the molecule is C=C[SiH](C)O[SiH2]C=Cc1ccccc1. The van der Waals surface area contributed by atoms with Crippen LogP contribution in [-0.2, 0) is 4.12 Å². The number of hydrogen-bond donors (Lipinski definition) is 0. The highest BCUT2D eigenvalue weighted by Crippen LogP contribution is 2.00. The van der Waals surface area contributed by atoms with Gasteiger partial charge in [-0.05, 0) is 12.1 Å². The summed E-state index contributed by atoms with van der Waals surface area (Å²) in [5, 5.41) is 0. The molecular formula is C11H16OSi2. The van der Waals surface area contributed by atoms with E-state index in [2.05, 4.69) is 37.0 Å². The molecule has 74 valence electrons. The third kappa shape index (κ3) is 4.36. The van der Waals surface area contributed by atoms with Crippen LogP contribution in [0.25, 0.3) is 6.08 Å². The summed E-state index contributed by atoms with van der Waals surface area (Å²) in [6.45, 7) is 5.88. The topological polar surface area (TPSA) is 9.23 Å². The molecule has 1 unspecified atom stereocenters. The molecular weight excluding hydrogens is 204 g/mol. The number of hydrogen-bond acceptors (Lipinski definition) is 1. The Balaban J connectivity index is 2.31. The molecule has 0 N–H and O–H groups in total. The predicted octanol–water partition coefficient (Wildman–Crippen LogP) is 1.84. The van der Waals surface area contributed by atoms with Crippen molar-refractivity contribution in [3.8, 4) is 0 Å². The summed E-state index contributed by atoms with van der Waals surface area (Å²) in [5.74, 6) is 0. The van der Waals surface area contributed by atoms with Crippen LogP contribution in [0.1, 0.15) is 5.56 Å². The predicted molar refractivity (Wildman–Crippen MR) is 68.3 cm³/mol. The summed E-state index contributed by atoms with van der Waals surface area (Å²) < 4.78 is 5.69. The van der Waals surface area contributed by atoms with Crippen molar-refractivity contribution in [2.45, 2.75) is 6.55 Å². The number of benzene rings is 1. The molecule has 0 fully saturated rings. The zero-order valence-corrected chi connectivity index (χ0v) is 11.1. The fraction of sp³-hybridized carbons (Fsp3) is 0.0909. The quantitative estimate of drug-likeness (QED) is 0.688. The minimum Gasteiger partial charge on any atom is -0.456 e. The first-order valence-corrected chi connectivity index (χ1v) is 8.47. The van der Waals surface area contributed by atoms with E-state index in [1.54, 1.807) is 0 Å². The maximum atomic E-state index is 5.69. The van der Waals surface area contributed by atoms with Crippen LogP contribution in [0.4, 0.5) is 0 Å². The third-order valence-corrected chi connectivity index (χ3v) is 5.86. The molecule has 0 spiro atoms. The average Bonchev–Trinajstić information content (AvgIpc) is 2.25. The zero-order valence-electron chi connectivity index (χ0n) is 8.52. The van der Waals surface area contributed by atoms with Gasteiger partial charge in [0.15, 0.2) is 18.8 Å². The molecule has 0 aliphatic carbocycles. The van der Waals surface area contributed by atoms with E-state index in [0.29, 0.717) is 0 Å². The lowest BCUT2D eigenvalue weighted by molar-refractivity contribution is 0.640. The fourth-order valence-corrected chi connectivity index (χ4v) is 3.60. The summed E-state index contributed by atoms with van der Waals surface area (Å²) in [4.78, 5) is 0. The van der Waals surface area contributed by atoms with E-state index in [9.17, 15) is 0 Å². The second kappa shape index (κ2) is 6.53. The molecule has 1 aromatic carbocycles. The summed E-state index contributed by atoms with van der Waals surface area (Å²) in [7, 11) is -1.51. The molecule has 0 radical (unpaired) electrons. The second-order valence-corrected chi connectivity index (χ2v) is 7.11. The molecule has 0 aliphatic heterocycles. The van der Waals surface area contributed by atoms with E-state index in [1.165, 1.54) is 5.56 Å². The normalized spacial score (nSPS) is 13.8. The van der Waals surface area contributed by atoms with Gasteiger partial charge in [-0.25, -0.2) is 0 Å². The Kier molecular flexibility index (Phi) is 5.21. The van der Waals surface area contributed by atoms with Crippen LogP contribution >= 0.6 is 0 Å². The third-order valence-electron chi connectivity index (χ3n) is 1.90. The monoisotopic (exact) mass is 220 g/mol. The largest absolute Gasteiger partial charge is 0.456 e. The summed E-state index contributed by atoms with van der Waals surface area (Å²) in [6.07, 6.45) is 2.14. The van der Waals surface area contributed by atoms with Crippen LogP contribution in [0.3, 0.4) is 0 Å². The molecule has 14 heavy (non-hydrogen) atoms. The van der Waals surface area contributed by atoms with Gasteiger partial charge in [0.05, 0.1) is 0 Å². The summed E-state index contributed by atoms with van der Waals surface area (Å²) in [5.41, 5.74) is 5.39. The lowest BCUT2D eigenvalue weighted by Crippen LogP contribution is -2.11. The van der Waals surface area contributed by atoms with Crippen molar-refractivity contribution in [3.05, 3.63) is 53.9 Å². The molecule has 1 rings (SSSR count). The van der Waals surface area contributed by atoms with Crippen molar-refractivity contribution in [2.24, 2.45) is 0 Å². The van der Waals surface area contributed by atoms with E-state index in [0.717, 1.165) is 0 Å². The van der Waals surface area contributed by atoms with Gasteiger partial charge in [0.1, 0.15) is 0 Å². The lowest BCUT2D eigenvalue weighted by Gasteiger charge is -2.02. The van der Waals surface area contributed by atoms with E-state index < -0.39 is 18.8 Å². The number of rotatable bonds is 5. The molecule has 0 saturated carbocycles. The van der Waals surface area contributed by atoms with Crippen molar-refractivity contribution < 1.29 is 4.12 Å². The molecule has 0 saturated heterocycles. The van der Waals surface area contributed by atoms with Crippen molar-refractivity contribution in [1.29, 1.82) is 0 Å². The molecule has 1 aromatic rings. The van der Waals surface area contributed by atoms with Crippen molar-refractivity contribution in [1.82, 2.24) is 0 Å². The van der Waals surface area contributed by atoms with E-state index in [1.807, 2.05) is 23.9 Å². The highest BCUT2D eigenvalue weighted by molar-refractivity contribution is 6.63. The maximum Gasteiger partial charge on any atom is 0.184 e. The Hall–Kier alpha value is -0.906. The average molecular weight is 220 g/mol. The molecule has 0 amide bonds. The molecule has 0 aliphatic rings. The standard InChI is InChI=1S/C11H16OSi2/c1-3-14(2)12-13-10-9-11-7-5-4-6-8-11/h3-10,14H,1,13H2,2H3. The van der Waals surface area contributed by atoms with Crippen molar-refractivity contribution in [2.75, 3.05) is 0 Å². The van der Waals surface area contributed by atoms with Gasteiger partial charge in [-0.15, -0.1) is 6.58 Å². The fourth-order valence-electron chi connectivity index (χ4n) is 1.02. The molecule has 0 bridgehead atoms. The highest BCUT2D eigenvalue weighted by Gasteiger charge is 1.94. The highest BCUT2D eigenvalue weighted by atomic mass is 28.3. The first-order valence-electron chi connectivity index (χ1n) is 4.78. The van der Waals surface area contributed by atoms with Gasteiger partial charge in [-0.1, -0.05) is 47.8 Å². The molecule has 0 aromatic heterocycles. The minimum absolute atomic E-state index is 0.481. The van der Waals surface area contributed by atoms with Gasteiger partial charge in [-0.3, -0.25) is 0 Å². The summed E-state index contributed by atoms with van der Waals surface area (Å²) >= 11 is 0. The van der Waals surface area contributed by atoms with Gasteiger partial charge in [0, 0.05) is 0 Å². The molecule has 0 heterocycles. The zero-order chi connectivity index (χ0) is 10.2. The smallest absolute Gasteiger partial charge is 0.184 e. The molecule has 1 atom stereocenters.